The van der Waals surface area contributed by atoms with Crippen molar-refractivity contribution >= 4 is 5.91 Å². The van der Waals surface area contributed by atoms with Crippen molar-refractivity contribution in [3.8, 4) is 11.5 Å². The number of methoxy groups -OCH3 is 2. The number of rotatable bonds is 3. The van der Waals surface area contributed by atoms with Crippen molar-refractivity contribution in [2.45, 2.75) is 32.2 Å². The third kappa shape index (κ3) is 3.00. The van der Waals surface area contributed by atoms with Crippen LogP contribution in [0.5, 0.6) is 11.5 Å². The van der Waals surface area contributed by atoms with Crippen molar-refractivity contribution in [1.29, 1.82) is 0 Å². The average Bonchev–Trinajstić information content (AvgIpc) is 2.46. The average molecular weight is 263 g/mol. The van der Waals surface area contributed by atoms with Crippen LogP contribution in [0.1, 0.15) is 36.5 Å². The van der Waals surface area contributed by atoms with Gasteiger partial charge in [-0.05, 0) is 38.3 Å². The second-order valence-electron chi connectivity index (χ2n) is 4.94. The third-order valence-corrected chi connectivity index (χ3v) is 3.66. The standard InChI is InChI=1S/C15H21NO3/c1-11-6-4-5-7-16(11)15(17)12-8-13(18-2)10-14(9-12)19-3/h8-11H,4-7H2,1-3H3/t11-/m0/s1. The summed E-state index contributed by atoms with van der Waals surface area (Å²) in [5, 5.41) is 0. The first kappa shape index (κ1) is 13.7. The second kappa shape index (κ2) is 5.95. The van der Waals surface area contributed by atoms with Gasteiger partial charge in [0.1, 0.15) is 11.5 Å². The summed E-state index contributed by atoms with van der Waals surface area (Å²) in [5.41, 5.74) is 0.630. The van der Waals surface area contributed by atoms with Crippen LogP contribution in [0, 0.1) is 0 Å². The zero-order chi connectivity index (χ0) is 13.8. The van der Waals surface area contributed by atoms with Crippen molar-refractivity contribution in [2.75, 3.05) is 20.8 Å². The van der Waals surface area contributed by atoms with E-state index in [1.165, 1.54) is 6.42 Å². The zero-order valence-electron chi connectivity index (χ0n) is 11.8. The van der Waals surface area contributed by atoms with E-state index in [1.807, 2.05) is 4.90 Å². The monoisotopic (exact) mass is 263 g/mol. The number of benzene rings is 1. The number of piperidine rings is 1. The number of carbonyl (C=O) groups excluding carboxylic acids is 1. The van der Waals surface area contributed by atoms with Crippen LogP contribution < -0.4 is 9.47 Å². The Balaban J connectivity index is 2.26. The summed E-state index contributed by atoms with van der Waals surface area (Å²) in [6.45, 7) is 2.94. The van der Waals surface area contributed by atoms with E-state index in [4.69, 9.17) is 9.47 Å². The minimum absolute atomic E-state index is 0.0596. The van der Waals surface area contributed by atoms with Crippen molar-refractivity contribution < 1.29 is 14.3 Å². The quantitative estimate of drug-likeness (QED) is 0.841. The summed E-state index contributed by atoms with van der Waals surface area (Å²) in [5.74, 6) is 1.35. The van der Waals surface area contributed by atoms with Gasteiger partial charge in [-0.15, -0.1) is 0 Å². The van der Waals surface area contributed by atoms with Gasteiger partial charge in [0.05, 0.1) is 14.2 Å². The number of hydrogen-bond donors (Lipinski definition) is 0. The largest absolute Gasteiger partial charge is 0.497 e. The van der Waals surface area contributed by atoms with Crippen LogP contribution in [0.2, 0.25) is 0 Å². The lowest BCUT2D eigenvalue weighted by Crippen LogP contribution is -2.42. The van der Waals surface area contributed by atoms with Crippen LogP contribution in [0.15, 0.2) is 18.2 Å². The van der Waals surface area contributed by atoms with E-state index in [1.54, 1.807) is 32.4 Å². The molecule has 1 heterocycles. The summed E-state index contributed by atoms with van der Waals surface area (Å²) in [7, 11) is 3.18. The van der Waals surface area contributed by atoms with Crippen LogP contribution in [0.4, 0.5) is 0 Å². The number of ether oxygens (including phenoxy) is 2. The number of carbonyl (C=O) groups is 1. The molecule has 1 amide bonds. The van der Waals surface area contributed by atoms with Crippen molar-refractivity contribution in [1.82, 2.24) is 4.90 Å². The molecular weight excluding hydrogens is 242 g/mol. The van der Waals surface area contributed by atoms with E-state index < -0.39 is 0 Å². The fraction of sp³-hybridized carbons (Fsp3) is 0.533. The van der Waals surface area contributed by atoms with Gasteiger partial charge in [-0.25, -0.2) is 0 Å². The molecule has 1 aliphatic heterocycles. The number of likely N-dealkylation sites (tertiary alicyclic amines) is 1. The van der Waals surface area contributed by atoms with Gasteiger partial charge in [0, 0.05) is 24.2 Å². The fourth-order valence-corrected chi connectivity index (χ4v) is 2.50. The molecule has 1 aromatic carbocycles. The zero-order valence-corrected chi connectivity index (χ0v) is 11.8. The predicted molar refractivity (Wildman–Crippen MR) is 73.9 cm³/mol. The Morgan fingerprint density at radius 3 is 2.32 bits per heavy atom. The van der Waals surface area contributed by atoms with E-state index >= 15 is 0 Å². The lowest BCUT2D eigenvalue weighted by Gasteiger charge is -2.33. The first-order valence-electron chi connectivity index (χ1n) is 6.69. The number of hydrogen-bond acceptors (Lipinski definition) is 3. The number of nitrogens with zero attached hydrogens (tertiary/aromatic N) is 1. The maximum absolute atomic E-state index is 12.6. The fourth-order valence-electron chi connectivity index (χ4n) is 2.50. The molecular formula is C15H21NO3. The van der Waals surface area contributed by atoms with E-state index in [9.17, 15) is 4.79 Å². The van der Waals surface area contributed by atoms with Crippen LogP contribution in [0.3, 0.4) is 0 Å². The molecule has 1 fully saturated rings. The first-order chi connectivity index (χ1) is 9.15. The van der Waals surface area contributed by atoms with Gasteiger partial charge in [0.25, 0.3) is 5.91 Å². The van der Waals surface area contributed by atoms with Gasteiger partial charge in [-0.3, -0.25) is 4.79 Å². The molecule has 1 aliphatic rings. The summed E-state index contributed by atoms with van der Waals surface area (Å²) in [6, 6.07) is 5.62. The molecule has 1 aromatic rings. The molecule has 19 heavy (non-hydrogen) atoms. The summed E-state index contributed by atoms with van der Waals surface area (Å²) < 4.78 is 10.4. The van der Waals surface area contributed by atoms with Crippen LogP contribution >= 0.6 is 0 Å². The molecule has 0 bridgehead atoms. The minimum atomic E-state index is 0.0596. The highest BCUT2D eigenvalue weighted by Gasteiger charge is 2.24. The van der Waals surface area contributed by atoms with Crippen molar-refractivity contribution in [2.24, 2.45) is 0 Å². The lowest BCUT2D eigenvalue weighted by molar-refractivity contribution is 0.0635. The lowest BCUT2D eigenvalue weighted by atomic mass is 10.0. The van der Waals surface area contributed by atoms with Crippen molar-refractivity contribution in [3.63, 3.8) is 0 Å². The van der Waals surface area contributed by atoms with Gasteiger partial charge >= 0.3 is 0 Å². The molecule has 0 saturated carbocycles. The Bertz CT molecular complexity index is 436. The molecule has 0 aromatic heterocycles. The molecule has 104 valence electrons. The van der Waals surface area contributed by atoms with E-state index in [0.29, 0.717) is 23.1 Å². The molecule has 4 heteroatoms. The van der Waals surface area contributed by atoms with Crippen LogP contribution in [-0.2, 0) is 0 Å². The molecule has 2 rings (SSSR count). The van der Waals surface area contributed by atoms with E-state index in [2.05, 4.69) is 6.92 Å². The summed E-state index contributed by atoms with van der Waals surface area (Å²) >= 11 is 0. The molecule has 1 atom stereocenters. The maximum atomic E-state index is 12.6. The highest BCUT2D eigenvalue weighted by molar-refractivity contribution is 5.95. The summed E-state index contributed by atoms with van der Waals surface area (Å²) in [4.78, 5) is 14.5. The van der Waals surface area contributed by atoms with Gasteiger partial charge < -0.3 is 14.4 Å². The second-order valence-corrected chi connectivity index (χ2v) is 4.94. The highest BCUT2D eigenvalue weighted by Crippen LogP contribution is 2.25. The van der Waals surface area contributed by atoms with Crippen molar-refractivity contribution in [3.05, 3.63) is 23.8 Å². The van der Waals surface area contributed by atoms with Crippen LogP contribution in [0.25, 0.3) is 0 Å². The van der Waals surface area contributed by atoms with Gasteiger partial charge in [-0.1, -0.05) is 0 Å². The molecule has 0 aliphatic carbocycles. The molecule has 0 N–H and O–H groups in total. The molecule has 0 unspecified atom stereocenters. The summed E-state index contributed by atoms with van der Waals surface area (Å²) in [6.07, 6.45) is 3.36. The smallest absolute Gasteiger partial charge is 0.254 e. The predicted octanol–water partition coefficient (Wildman–Crippen LogP) is 2.72. The molecule has 0 radical (unpaired) electrons. The van der Waals surface area contributed by atoms with Gasteiger partial charge in [-0.2, -0.15) is 0 Å². The van der Waals surface area contributed by atoms with Crippen LogP contribution in [-0.4, -0.2) is 37.6 Å². The van der Waals surface area contributed by atoms with Gasteiger partial charge in [0.15, 0.2) is 0 Å². The Hall–Kier alpha value is -1.71. The Morgan fingerprint density at radius 1 is 1.16 bits per heavy atom. The maximum Gasteiger partial charge on any atom is 0.254 e. The van der Waals surface area contributed by atoms with E-state index in [-0.39, 0.29) is 5.91 Å². The highest BCUT2D eigenvalue weighted by atomic mass is 16.5. The number of amides is 1. The molecule has 4 nitrogen and oxygen atoms in total. The SMILES string of the molecule is COc1cc(OC)cc(C(=O)N2CCCC[C@@H]2C)c1. The topological polar surface area (TPSA) is 38.8 Å². The Morgan fingerprint density at radius 2 is 1.79 bits per heavy atom. The molecule has 0 spiro atoms. The van der Waals surface area contributed by atoms with E-state index in [0.717, 1.165) is 19.4 Å². The molecule has 1 saturated heterocycles. The third-order valence-electron chi connectivity index (χ3n) is 3.66. The first-order valence-corrected chi connectivity index (χ1v) is 6.69. The Kier molecular flexibility index (Phi) is 4.30. The van der Waals surface area contributed by atoms with Gasteiger partial charge in [0.2, 0.25) is 0 Å². The Labute approximate surface area is 114 Å². The normalized spacial score (nSPS) is 19.1. The minimum Gasteiger partial charge on any atom is -0.497 e.